The van der Waals surface area contributed by atoms with Crippen molar-refractivity contribution in [3.8, 4) is 0 Å². The molecule has 0 bridgehead atoms. The lowest BCUT2D eigenvalue weighted by Gasteiger charge is -2.56. The standard InChI is InChI=1S/C11H20O2/c1-10(2)7-11(8-10)5-3-4-9(6-12)13-11/h9,12H,3-8H2,1-2H3. The van der Waals surface area contributed by atoms with Gasteiger partial charge in [-0.15, -0.1) is 0 Å². The maximum absolute atomic E-state index is 9.05. The molecule has 1 aliphatic carbocycles. The van der Waals surface area contributed by atoms with Crippen molar-refractivity contribution >= 4 is 0 Å². The number of hydrogen-bond acceptors (Lipinski definition) is 2. The highest BCUT2D eigenvalue weighted by Crippen LogP contribution is 2.54. The van der Waals surface area contributed by atoms with Crippen molar-refractivity contribution in [2.45, 2.75) is 57.7 Å². The maximum atomic E-state index is 9.05. The molecule has 2 fully saturated rings. The Morgan fingerprint density at radius 1 is 1.38 bits per heavy atom. The molecular weight excluding hydrogens is 164 g/mol. The molecule has 1 N–H and O–H groups in total. The third-order valence-electron chi connectivity index (χ3n) is 3.38. The van der Waals surface area contributed by atoms with Gasteiger partial charge in [-0.05, 0) is 37.5 Å². The van der Waals surface area contributed by atoms with Crippen molar-refractivity contribution in [2.24, 2.45) is 5.41 Å². The van der Waals surface area contributed by atoms with Gasteiger partial charge in [-0.25, -0.2) is 0 Å². The third-order valence-corrected chi connectivity index (χ3v) is 3.38. The highest BCUT2D eigenvalue weighted by molar-refractivity contribution is 5.02. The van der Waals surface area contributed by atoms with E-state index in [9.17, 15) is 0 Å². The molecule has 2 rings (SSSR count). The Bertz CT molecular complexity index is 190. The van der Waals surface area contributed by atoms with Crippen LogP contribution in [-0.4, -0.2) is 23.4 Å². The van der Waals surface area contributed by atoms with Crippen molar-refractivity contribution in [3.05, 3.63) is 0 Å². The Labute approximate surface area is 80.3 Å². The Hall–Kier alpha value is -0.0800. The predicted molar refractivity (Wildman–Crippen MR) is 51.6 cm³/mol. The molecular formula is C11H20O2. The van der Waals surface area contributed by atoms with Crippen molar-refractivity contribution < 1.29 is 9.84 Å². The quantitative estimate of drug-likeness (QED) is 0.676. The Morgan fingerprint density at radius 2 is 2.08 bits per heavy atom. The number of ether oxygens (including phenoxy) is 1. The van der Waals surface area contributed by atoms with Crippen LogP contribution in [-0.2, 0) is 4.74 Å². The topological polar surface area (TPSA) is 29.5 Å². The average Bonchev–Trinajstić information content (AvgIpc) is 2.01. The molecule has 13 heavy (non-hydrogen) atoms. The SMILES string of the molecule is CC1(C)CC2(CCCC(CO)O2)C1. The average molecular weight is 184 g/mol. The first-order valence-corrected chi connectivity index (χ1v) is 5.34. The summed E-state index contributed by atoms with van der Waals surface area (Å²) >= 11 is 0. The first kappa shape index (κ1) is 9.47. The summed E-state index contributed by atoms with van der Waals surface area (Å²) in [5.74, 6) is 0. The summed E-state index contributed by atoms with van der Waals surface area (Å²) in [5, 5.41) is 9.05. The van der Waals surface area contributed by atoms with Crippen LogP contribution in [0.2, 0.25) is 0 Å². The molecule has 0 aromatic rings. The first-order chi connectivity index (χ1) is 6.05. The number of aliphatic hydroxyl groups excluding tert-OH is 1. The van der Waals surface area contributed by atoms with Gasteiger partial charge in [-0.2, -0.15) is 0 Å². The Kier molecular flexibility index (Phi) is 2.16. The van der Waals surface area contributed by atoms with Crippen LogP contribution >= 0.6 is 0 Å². The van der Waals surface area contributed by atoms with Gasteiger partial charge in [0.1, 0.15) is 0 Å². The van der Waals surface area contributed by atoms with Crippen LogP contribution in [0.25, 0.3) is 0 Å². The van der Waals surface area contributed by atoms with Gasteiger partial charge in [0.15, 0.2) is 0 Å². The van der Waals surface area contributed by atoms with Crippen LogP contribution in [0.4, 0.5) is 0 Å². The minimum Gasteiger partial charge on any atom is -0.394 e. The Morgan fingerprint density at radius 3 is 2.62 bits per heavy atom. The van der Waals surface area contributed by atoms with E-state index in [1.54, 1.807) is 0 Å². The fourth-order valence-corrected chi connectivity index (χ4v) is 3.20. The van der Waals surface area contributed by atoms with Gasteiger partial charge >= 0.3 is 0 Å². The molecule has 76 valence electrons. The summed E-state index contributed by atoms with van der Waals surface area (Å²) in [4.78, 5) is 0. The maximum Gasteiger partial charge on any atom is 0.0813 e. The van der Waals surface area contributed by atoms with Gasteiger partial charge in [0.05, 0.1) is 18.3 Å². The van der Waals surface area contributed by atoms with Crippen molar-refractivity contribution in [2.75, 3.05) is 6.61 Å². The van der Waals surface area contributed by atoms with E-state index in [0.717, 1.165) is 6.42 Å². The number of aliphatic hydroxyl groups is 1. The van der Waals surface area contributed by atoms with Crippen LogP contribution in [0.3, 0.4) is 0 Å². The van der Waals surface area contributed by atoms with Gasteiger partial charge in [0.25, 0.3) is 0 Å². The summed E-state index contributed by atoms with van der Waals surface area (Å²) in [5.41, 5.74) is 0.618. The second kappa shape index (κ2) is 2.96. The number of rotatable bonds is 1. The molecule has 0 aromatic carbocycles. The van der Waals surface area contributed by atoms with Crippen molar-refractivity contribution in [3.63, 3.8) is 0 Å². The lowest BCUT2D eigenvalue weighted by Crippen LogP contribution is -2.55. The summed E-state index contributed by atoms with van der Waals surface area (Å²) in [6, 6.07) is 0. The van der Waals surface area contributed by atoms with Crippen LogP contribution in [0.15, 0.2) is 0 Å². The molecule has 1 heterocycles. The summed E-state index contributed by atoms with van der Waals surface area (Å²) in [6.45, 7) is 4.79. The van der Waals surface area contributed by atoms with E-state index in [0.29, 0.717) is 5.41 Å². The molecule has 2 nitrogen and oxygen atoms in total. The third kappa shape index (κ3) is 1.75. The van der Waals surface area contributed by atoms with Gasteiger partial charge in [-0.3, -0.25) is 0 Å². The molecule has 1 saturated heterocycles. The smallest absolute Gasteiger partial charge is 0.0813 e. The summed E-state index contributed by atoms with van der Waals surface area (Å²) < 4.78 is 5.94. The largest absolute Gasteiger partial charge is 0.394 e. The highest BCUT2D eigenvalue weighted by Gasteiger charge is 2.51. The van der Waals surface area contributed by atoms with Crippen molar-refractivity contribution in [1.82, 2.24) is 0 Å². The zero-order valence-electron chi connectivity index (χ0n) is 8.68. The zero-order chi connectivity index (χ0) is 9.53. The van der Waals surface area contributed by atoms with Crippen LogP contribution < -0.4 is 0 Å². The molecule has 1 unspecified atom stereocenters. The van der Waals surface area contributed by atoms with Crippen LogP contribution in [0.1, 0.15) is 46.0 Å². The molecule has 2 aliphatic rings. The fraction of sp³-hybridized carbons (Fsp3) is 1.00. The minimum absolute atomic E-state index is 0.116. The minimum atomic E-state index is 0.116. The molecule has 0 radical (unpaired) electrons. The Balaban J connectivity index is 1.94. The normalized spacial score (nSPS) is 35.8. The van der Waals surface area contributed by atoms with Crippen LogP contribution in [0.5, 0.6) is 0 Å². The summed E-state index contributed by atoms with van der Waals surface area (Å²) in [6.07, 6.45) is 5.93. The van der Waals surface area contributed by atoms with E-state index in [4.69, 9.17) is 9.84 Å². The van der Waals surface area contributed by atoms with E-state index in [-0.39, 0.29) is 18.3 Å². The molecule has 2 heteroatoms. The molecule has 1 aliphatic heterocycles. The van der Waals surface area contributed by atoms with Crippen molar-refractivity contribution in [1.29, 1.82) is 0 Å². The lowest BCUT2D eigenvalue weighted by molar-refractivity contribution is -0.218. The second-order valence-electron chi connectivity index (χ2n) is 5.52. The van der Waals surface area contributed by atoms with Gasteiger partial charge in [-0.1, -0.05) is 13.8 Å². The van der Waals surface area contributed by atoms with E-state index in [1.807, 2.05) is 0 Å². The van der Waals surface area contributed by atoms with E-state index in [2.05, 4.69) is 13.8 Å². The van der Waals surface area contributed by atoms with Gasteiger partial charge in [0.2, 0.25) is 0 Å². The van der Waals surface area contributed by atoms with E-state index >= 15 is 0 Å². The molecule has 0 aromatic heterocycles. The first-order valence-electron chi connectivity index (χ1n) is 5.34. The predicted octanol–water partition coefficient (Wildman–Crippen LogP) is 2.11. The molecule has 1 atom stereocenters. The fourth-order valence-electron chi connectivity index (χ4n) is 3.20. The highest BCUT2D eigenvalue weighted by atomic mass is 16.5. The van der Waals surface area contributed by atoms with Gasteiger partial charge in [0, 0.05) is 0 Å². The zero-order valence-corrected chi connectivity index (χ0v) is 8.68. The molecule has 1 saturated carbocycles. The second-order valence-corrected chi connectivity index (χ2v) is 5.52. The summed E-state index contributed by atoms with van der Waals surface area (Å²) in [7, 11) is 0. The molecule has 1 spiro atoms. The van der Waals surface area contributed by atoms with E-state index < -0.39 is 0 Å². The van der Waals surface area contributed by atoms with Gasteiger partial charge < -0.3 is 9.84 Å². The number of hydrogen-bond donors (Lipinski definition) is 1. The lowest BCUT2D eigenvalue weighted by atomic mass is 9.59. The molecule has 0 amide bonds. The monoisotopic (exact) mass is 184 g/mol. The van der Waals surface area contributed by atoms with E-state index in [1.165, 1.54) is 25.7 Å². The van der Waals surface area contributed by atoms with Crippen LogP contribution in [0, 0.1) is 5.41 Å².